The summed E-state index contributed by atoms with van der Waals surface area (Å²) in [4.78, 5) is 40.6. The van der Waals surface area contributed by atoms with Crippen LogP contribution in [0.3, 0.4) is 0 Å². The van der Waals surface area contributed by atoms with Gasteiger partial charge in [0, 0.05) is 67.2 Å². The summed E-state index contributed by atoms with van der Waals surface area (Å²) in [6.45, 7) is 5.69. The van der Waals surface area contributed by atoms with Crippen LogP contribution in [-0.2, 0) is 11.2 Å². The Balaban J connectivity index is 1.40. The van der Waals surface area contributed by atoms with E-state index in [0.29, 0.717) is 51.8 Å². The number of rotatable bonds is 9. The summed E-state index contributed by atoms with van der Waals surface area (Å²) in [5, 5.41) is 6.86. The van der Waals surface area contributed by atoms with Crippen LogP contribution in [0.2, 0.25) is 0 Å². The largest absolute Gasteiger partial charge is 0.494 e. The SMILES string of the molecule is C/C=C/C(=O)Nc1cccc(-n2c(=O)c(Cc3ccccc3)cc3cnc(Nc4ccc(N5CCN(C)CC5)cc4OC)nc32)c1. The van der Waals surface area contributed by atoms with Gasteiger partial charge in [-0.2, -0.15) is 4.98 Å². The summed E-state index contributed by atoms with van der Waals surface area (Å²) in [6, 6.07) is 24.9. The molecule has 1 saturated heterocycles. The first-order valence-electron chi connectivity index (χ1n) is 15.3. The number of hydrogen-bond donors (Lipinski definition) is 2. The van der Waals surface area contributed by atoms with Crippen LogP contribution in [0.15, 0.2) is 102 Å². The molecule has 0 saturated carbocycles. The minimum Gasteiger partial charge on any atom is -0.494 e. The lowest BCUT2D eigenvalue weighted by molar-refractivity contribution is -0.111. The van der Waals surface area contributed by atoms with Crippen LogP contribution < -0.4 is 25.8 Å². The first-order chi connectivity index (χ1) is 22.4. The van der Waals surface area contributed by atoms with E-state index >= 15 is 0 Å². The lowest BCUT2D eigenvalue weighted by Crippen LogP contribution is -2.44. The Morgan fingerprint density at radius 3 is 2.52 bits per heavy atom. The maximum absolute atomic E-state index is 14.2. The van der Waals surface area contributed by atoms with Gasteiger partial charge in [0.15, 0.2) is 5.65 Å². The van der Waals surface area contributed by atoms with E-state index in [9.17, 15) is 9.59 Å². The standard InChI is InChI=1S/C36H37N7O3/c1-4-9-33(44)38-28-12-8-13-30(22-28)43-34-27(21-26(35(43)45)20-25-10-6-5-7-11-25)24-37-36(40-34)39-31-15-14-29(23-32(31)46-3)42-18-16-41(2)17-19-42/h4-15,21-24H,16-20H2,1-3H3,(H,38,44)(H,37,39,40)/b9-4+. The van der Waals surface area contributed by atoms with E-state index in [1.165, 1.54) is 6.08 Å². The minimum atomic E-state index is -0.254. The molecule has 3 aromatic carbocycles. The van der Waals surface area contributed by atoms with Gasteiger partial charge in [-0.3, -0.25) is 14.2 Å². The van der Waals surface area contributed by atoms with Crippen LogP contribution in [0.4, 0.5) is 23.0 Å². The fraction of sp³-hybridized carbons (Fsp3) is 0.222. The van der Waals surface area contributed by atoms with Crippen molar-refractivity contribution in [2.75, 3.05) is 55.9 Å². The number of methoxy groups -OCH3 is 1. The number of aromatic nitrogens is 3. The highest BCUT2D eigenvalue weighted by Gasteiger charge is 2.18. The molecule has 10 nitrogen and oxygen atoms in total. The number of hydrogen-bond acceptors (Lipinski definition) is 8. The highest BCUT2D eigenvalue weighted by molar-refractivity contribution is 5.99. The molecule has 1 aliphatic heterocycles. The van der Waals surface area contributed by atoms with E-state index in [2.05, 4.69) is 38.5 Å². The van der Waals surface area contributed by atoms with Crippen LogP contribution in [0.5, 0.6) is 5.75 Å². The van der Waals surface area contributed by atoms with Gasteiger partial charge in [0.1, 0.15) is 5.75 Å². The Bertz CT molecular complexity index is 1950. The van der Waals surface area contributed by atoms with Crippen molar-refractivity contribution in [3.63, 3.8) is 0 Å². The number of piperazine rings is 1. The summed E-state index contributed by atoms with van der Waals surface area (Å²) in [6.07, 6.45) is 5.29. The average molecular weight is 616 g/mol. The molecule has 2 N–H and O–H groups in total. The smallest absolute Gasteiger partial charge is 0.260 e. The molecule has 0 radical (unpaired) electrons. The molecule has 0 unspecified atom stereocenters. The lowest BCUT2D eigenvalue weighted by Gasteiger charge is -2.34. The lowest BCUT2D eigenvalue weighted by atomic mass is 10.1. The molecule has 0 aliphatic carbocycles. The Morgan fingerprint density at radius 1 is 0.957 bits per heavy atom. The second kappa shape index (κ2) is 13.7. The number of nitrogens with one attached hydrogen (secondary N) is 2. The summed E-state index contributed by atoms with van der Waals surface area (Å²) in [5.41, 5.74) is 4.79. The zero-order valence-corrected chi connectivity index (χ0v) is 26.2. The number of anilines is 4. The molecule has 1 amide bonds. The number of ether oxygens (including phenoxy) is 1. The first-order valence-corrected chi connectivity index (χ1v) is 15.3. The van der Waals surface area contributed by atoms with Crippen molar-refractivity contribution >= 4 is 40.0 Å². The van der Waals surface area contributed by atoms with E-state index in [0.717, 1.165) is 37.4 Å². The van der Waals surface area contributed by atoms with Gasteiger partial charge < -0.3 is 25.2 Å². The number of allylic oxidation sites excluding steroid dienone is 1. The maximum Gasteiger partial charge on any atom is 0.260 e. The second-order valence-electron chi connectivity index (χ2n) is 11.3. The number of carbonyl (C=O) groups is 1. The third-order valence-electron chi connectivity index (χ3n) is 8.04. The van der Waals surface area contributed by atoms with Crippen LogP contribution in [0.1, 0.15) is 18.1 Å². The van der Waals surface area contributed by atoms with Crippen molar-refractivity contribution in [2.24, 2.45) is 0 Å². The maximum atomic E-state index is 14.2. The Hall–Kier alpha value is -5.48. The predicted molar refractivity (Wildman–Crippen MR) is 184 cm³/mol. The van der Waals surface area contributed by atoms with E-state index in [1.807, 2.05) is 54.6 Å². The quantitative estimate of drug-likeness (QED) is 0.213. The number of carbonyl (C=O) groups excluding carboxylic acids is 1. The van der Waals surface area contributed by atoms with Gasteiger partial charge in [-0.05, 0) is 62.0 Å². The van der Waals surface area contributed by atoms with Gasteiger partial charge in [-0.1, -0.05) is 42.5 Å². The van der Waals surface area contributed by atoms with Crippen molar-refractivity contribution in [2.45, 2.75) is 13.3 Å². The van der Waals surface area contributed by atoms with Crippen molar-refractivity contribution in [3.05, 3.63) is 119 Å². The number of nitrogens with zero attached hydrogens (tertiary/aromatic N) is 5. The monoisotopic (exact) mass is 615 g/mol. The van der Waals surface area contributed by atoms with Gasteiger partial charge >= 0.3 is 0 Å². The zero-order valence-electron chi connectivity index (χ0n) is 26.2. The molecule has 1 aliphatic rings. The highest BCUT2D eigenvalue weighted by atomic mass is 16.5. The van der Waals surface area contributed by atoms with Gasteiger partial charge in [0.05, 0.1) is 18.5 Å². The minimum absolute atomic E-state index is 0.202. The molecule has 46 heavy (non-hydrogen) atoms. The van der Waals surface area contributed by atoms with Gasteiger partial charge in [0.25, 0.3) is 5.56 Å². The molecule has 0 bridgehead atoms. The van der Waals surface area contributed by atoms with Crippen molar-refractivity contribution < 1.29 is 9.53 Å². The molecule has 0 atom stereocenters. The molecule has 10 heteroatoms. The Kier molecular flexibility index (Phi) is 9.07. The van der Waals surface area contributed by atoms with E-state index < -0.39 is 0 Å². The third kappa shape index (κ3) is 6.77. The Labute approximate surface area is 268 Å². The molecular formula is C36H37N7O3. The van der Waals surface area contributed by atoms with Gasteiger partial charge in [0.2, 0.25) is 11.9 Å². The van der Waals surface area contributed by atoms with Crippen LogP contribution in [-0.4, -0.2) is 65.7 Å². The van der Waals surface area contributed by atoms with E-state index in [1.54, 1.807) is 49.1 Å². The molecule has 6 rings (SSSR count). The second-order valence-corrected chi connectivity index (χ2v) is 11.3. The molecular weight excluding hydrogens is 578 g/mol. The van der Waals surface area contributed by atoms with Crippen LogP contribution in [0, 0.1) is 0 Å². The molecule has 1 fully saturated rings. The fourth-order valence-corrected chi connectivity index (χ4v) is 5.62. The fourth-order valence-electron chi connectivity index (χ4n) is 5.62. The Morgan fingerprint density at radius 2 is 1.76 bits per heavy atom. The predicted octanol–water partition coefficient (Wildman–Crippen LogP) is 5.39. The summed E-state index contributed by atoms with van der Waals surface area (Å²) >= 11 is 0. The zero-order chi connectivity index (χ0) is 32.0. The van der Waals surface area contributed by atoms with Gasteiger partial charge in [-0.15, -0.1) is 0 Å². The summed E-state index contributed by atoms with van der Waals surface area (Å²) in [7, 11) is 3.78. The van der Waals surface area contributed by atoms with Gasteiger partial charge in [-0.25, -0.2) is 4.98 Å². The van der Waals surface area contributed by atoms with Crippen molar-refractivity contribution in [1.82, 2.24) is 19.4 Å². The number of benzene rings is 3. The number of fused-ring (bicyclic) bond motifs is 1. The highest BCUT2D eigenvalue weighted by Crippen LogP contribution is 2.32. The number of pyridine rings is 1. The van der Waals surface area contributed by atoms with Crippen molar-refractivity contribution in [3.8, 4) is 11.4 Å². The molecule has 2 aromatic heterocycles. The third-order valence-corrected chi connectivity index (χ3v) is 8.04. The average Bonchev–Trinajstić information content (AvgIpc) is 3.06. The van der Waals surface area contributed by atoms with E-state index in [-0.39, 0.29) is 11.5 Å². The van der Waals surface area contributed by atoms with Crippen molar-refractivity contribution in [1.29, 1.82) is 0 Å². The van der Waals surface area contributed by atoms with Crippen LogP contribution >= 0.6 is 0 Å². The first kappa shape index (κ1) is 30.5. The van der Waals surface area contributed by atoms with E-state index in [4.69, 9.17) is 9.72 Å². The molecule has 3 heterocycles. The molecule has 0 spiro atoms. The summed E-state index contributed by atoms with van der Waals surface area (Å²) in [5.74, 6) is 0.732. The number of amides is 1. The normalized spacial score (nSPS) is 13.7. The molecule has 5 aromatic rings. The molecule has 234 valence electrons. The topological polar surface area (TPSA) is 105 Å². The summed E-state index contributed by atoms with van der Waals surface area (Å²) < 4.78 is 7.34. The number of likely N-dealkylation sites (N-methyl/N-ethyl adjacent to an activating group) is 1. The van der Waals surface area contributed by atoms with Crippen LogP contribution in [0.25, 0.3) is 16.7 Å².